The van der Waals surface area contributed by atoms with Crippen LogP contribution in [0.4, 0.5) is 5.69 Å². The van der Waals surface area contributed by atoms with E-state index in [1.54, 1.807) is 12.1 Å². The summed E-state index contributed by atoms with van der Waals surface area (Å²) in [5, 5.41) is 2.88. The molecule has 1 N–H and O–H groups in total. The van der Waals surface area contributed by atoms with E-state index in [1.807, 2.05) is 70.2 Å². The fourth-order valence-corrected chi connectivity index (χ4v) is 4.61. The highest BCUT2D eigenvalue weighted by atomic mass is 32.2. The molecule has 0 saturated carbocycles. The van der Waals surface area contributed by atoms with Crippen LogP contribution >= 0.6 is 0 Å². The van der Waals surface area contributed by atoms with Gasteiger partial charge in [-0.3, -0.25) is 13.9 Å². The standard InChI is InChI=1S/C25H35N3O4S/c1-6-21-15-11-12-16-23(21)28(33(5,31)32)18-24(29)27(17-20-13-9-8-10-14-20)22(7-2)25(30)26-19(3)4/h8-16,19,22H,6-7,17-18H2,1-5H3,(H,26,30)/t22-/m1/s1. The van der Waals surface area contributed by atoms with Gasteiger partial charge in [0.25, 0.3) is 0 Å². The number of rotatable bonds is 11. The van der Waals surface area contributed by atoms with Gasteiger partial charge in [-0.1, -0.05) is 62.4 Å². The molecule has 2 rings (SSSR count). The summed E-state index contributed by atoms with van der Waals surface area (Å²) in [7, 11) is -3.74. The zero-order chi connectivity index (χ0) is 24.6. The normalized spacial score (nSPS) is 12.3. The Morgan fingerprint density at radius 2 is 1.58 bits per heavy atom. The molecule has 0 heterocycles. The molecule has 0 radical (unpaired) electrons. The zero-order valence-electron chi connectivity index (χ0n) is 20.1. The Morgan fingerprint density at radius 1 is 0.970 bits per heavy atom. The molecule has 0 aliphatic heterocycles. The summed E-state index contributed by atoms with van der Waals surface area (Å²) in [4.78, 5) is 28.0. The van der Waals surface area contributed by atoms with Gasteiger partial charge in [-0.25, -0.2) is 8.42 Å². The number of aryl methyl sites for hydroxylation is 1. The molecule has 0 saturated heterocycles. The molecule has 2 amide bonds. The number of sulfonamides is 1. The first-order valence-corrected chi connectivity index (χ1v) is 13.1. The molecule has 0 bridgehead atoms. The van der Waals surface area contributed by atoms with Crippen molar-refractivity contribution in [2.75, 3.05) is 17.1 Å². The maximum Gasteiger partial charge on any atom is 0.244 e. The van der Waals surface area contributed by atoms with E-state index in [0.29, 0.717) is 18.5 Å². The second-order valence-corrected chi connectivity index (χ2v) is 10.3. The Hall–Kier alpha value is -2.87. The monoisotopic (exact) mass is 473 g/mol. The molecule has 2 aromatic carbocycles. The number of anilines is 1. The smallest absolute Gasteiger partial charge is 0.244 e. The quantitative estimate of drug-likeness (QED) is 0.542. The van der Waals surface area contributed by atoms with Crippen molar-refractivity contribution in [1.29, 1.82) is 0 Å². The third-order valence-electron chi connectivity index (χ3n) is 5.33. The molecule has 0 aliphatic rings. The summed E-state index contributed by atoms with van der Waals surface area (Å²) in [6.07, 6.45) is 2.12. The SMILES string of the molecule is CCc1ccccc1N(CC(=O)N(Cc1ccccc1)[C@H](CC)C(=O)NC(C)C)S(C)(=O)=O. The van der Waals surface area contributed by atoms with Gasteiger partial charge < -0.3 is 10.2 Å². The highest BCUT2D eigenvalue weighted by Gasteiger charge is 2.32. The molecular formula is C25H35N3O4S. The Bertz CT molecular complexity index is 1040. The van der Waals surface area contributed by atoms with Crippen LogP contribution in [0.2, 0.25) is 0 Å². The van der Waals surface area contributed by atoms with Crippen molar-refractivity contribution in [3.8, 4) is 0 Å². The third-order valence-corrected chi connectivity index (χ3v) is 6.46. The number of amides is 2. The molecule has 1 atom stereocenters. The average Bonchev–Trinajstić information content (AvgIpc) is 2.76. The van der Waals surface area contributed by atoms with Crippen molar-refractivity contribution in [3.63, 3.8) is 0 Å². The van der Waals surface area contributed by atoms with Gasteiger partial charge in [-0.2, -0.15) is 0 Å². The highest BCUT2D eigenvalue weighted by Crippen LogP contribution is 2.24. The second kappa shape index (κ2) is 11.8. The Balaban J connectivity index is 2.45. The highest BCUT2D eigenvalue weighted by molar-refractivity contribution is 7.92. The van der Waals surface area contributed by atoms with E-state index in [-0.39, 0.29) is 25.0 Å². The summed E-state index contributed by atoms with van der Waals surface area (Å²) in [6.45, 7) is 7.33. The van der Waals surface area contributed by atoms with Crippen LogP contribution in [0.1, 0.15) is 45.2 Å². The van der Waals surface area contributed by atoms with E-state index in [9.17, 15) is 18.0 Å². The van der Waals surface area contributed by atoms with E-state index in [0.717, 1.165) is 21.7 Å². The molecule has 0 aromatic heterocycles. The van der Waals surface area contributed by atoms with Gasteiger partial charge >= 0.3 is 0 Å². The Kier molecular flexibility index (Phi) is 9.46. The van der Waals surface area contributed by atoms with Gasteiger partial charge in [-0.05, 0) is 43.9 Å². The van der Waals surface area contributed by atoms with E-state index in [1.165, 1.54) is 4.90 Å². The van der Waals surface area contributed by atoms with Crippen LogP contribution in [0.3, 0.4) is 0 Å². The first kappa shape index (κ1) is 26.4. The van der Waals surface area contributed by atoms with Crippen LogP contribution in [-0.2, 0) is 32.6 Å². The maximum atomic E-state index is 13.6. The molecule has 7 nitrogen and oxygen atoms in total. The predicted molar refractivity (Wildman–Crippen MR) is 132 cm³/mol. The lowest BCUT2D eigenvalue weighted by Crippen LogP contribution is -2.53. The fourth-order valence-electron chi connectivity index (χ4n) is 3.73. The number of nitrogens with zero attached hydrogens (tertiary/aromatic N) is 2. The van der Waals surface area contributed by atoms with E-state index < -0.39 is 22.0 Å². The molecule has 0 aliphatic carbocycles. The lowest BCUT2D eigenvalue weighted by Gasteiger charge is -2.33. The number of carbonyl (C=O) groups is 2. The summed E-state index contributed by atoms with van der Waals surface area (Å²) in [5.41, 5.74) is 2.17. The van der Waals surface area contributed by atoms with Crippen molar-refractivity contribution in [2.45, 2.75) is 59.2 Å². The van der Waals surface area contributed by atoms with Crippen molar-refractivity contribution >= 4 is 27.5 Å². The molecule has 2 aromatic rings. The van der Waals surface area contributed by atoms with E-state index in [2.05, 4.69) is 5.32 Å². The van der Waals surface area contributed by atoms with E-state index >= 15 is 0 Å². The minimum absolute atomic E-state index is 0.0795. The Labute approximate surface area is 197 Å². The number of carbonyl (C=O) groups excluding carboxylic acids is 2. The molecule has 0 spiro atoms. The summed E-state index contributed by atoms with van der Waals surface area (Å²) in [5.74, 6) is -0.683. The lowest BCUT2D eigenvalue weighted by atomic mass is 10.1. The summed E-state index contributed by atoms with van der Waals surface area (Å²) < 4.78 is 26.6. The van der Waals surface area contributed by atoms with Gasteiger partial charge in [0.1, 0.15) is 12.6 Å². The summed E-state index contributed by atoms with van der Waals surface area (Å²) in [6, 6.07) is 15.7. The van der Waals surface area contributed by atoms with Crippen LogP contribution in [0.15, 0.2) is 54.6 Å². The van der Waals surface area contributed by atoms with Crippen molar-refractivity contribution in [2.24, 2.45) is 0 Å². The number of nitrogens with one attached hydrogen (secondary N) is 1. The van der Waals surface area contributed by atoms with Gasteiger partial charge in [0.2, 0.25) is 21.8 Å². The van der Waals surface area contributed by atoms with Crippen molar-refractivity contribution in [3.05, 3.63) is 65.7 Å². The van der Waals surface area contributed by atoms with E-state index in [4.69, 9.17) is 0 Å². The van der Waals surface area contributed by atoms with Crippen LogP contribution in [0, 0.1) is 0 Å². The van der Waals surface area contributed by atoms with Gasteiger partial charge in [0.15, 0.2) is 0 Å². The van der Waals surface area contributed by atoms with Crippen molar-refractivity contribution in [1.82, 2.24) is 10.2 Å². The maximum absolute atomic E-state index is 13.6. The van der Waals surface area contributed by atoms with Gasteiger partial charge in [-0.15, -0.1) is 0 Å². The van der Waals surface area contributed by atoms with Crippen LogP contribution < -0.4 is 9.62 Å². The Morgan fingerprint density at radius 3 is 2.12 bits per heavy atom. The topological polar surface area (TPSA) is 86.8 Å². The minimum atomic E-state index is -3.74. The third kappa shape index (κ3) is 7.32. The molecule has 180 valence electrons. The first-order valence-electron chi connectivity index (χ1n) is 11.3. The predicted octanol–water partition coefficient (Wildman–Crippen LogP) is 3.35. The first-order chi connectivity index (χ1) is 15.6. The fraction of sp³-hybridized carbons (Fsp3) is 0.440. The molecule has 33 heavy (non-hydrogen) atoms. The molecule has 8 heteroatoms. The average molecular weight is 474 g/mol. The number of hydrogen-bond acceptors (Lipinski definition) is 4. The molecule has 0 fully saturated rings. The molecular weight excluding hydrogens is 438 g/mol. The number of benzene rings is 2. The van der Waals surface area contributed by atoms with Gasteiger partial charge in [0, 0.05) is 12.6 Å². The lowest BCUT2D eigenvalue weighted by molar-refractivity contribution is -0.140. The van der Waals surface area contributed by atoms with Crippen LogP contribution in [-0.4, -0.2) is 50.0 Å². The van der Waals surface area contributed by atoms with Crippen LogP contribution in [0.5, 0.6) is 0 Å². The number of para-hydroxylation sites is 1. The largest absolute Gasteiger partial charge is 0.352 e. The number of hydrogen-bond donors (Lipinski definition) is 1. The van der Waals surface area contributed by atoms with Gasteiger partial charge in [0.05, 0.1) is 11.9 Å². The van der Waals surface area contributed by atoms with Crippen LogP contribution in [0.25, 0.3) is 0 Å². The minimum Gasteiger partial charge on any atom is -0.352 e. The zero-order valence-corrected chi connectivity index (χ0v) is 20.9. The second-order valence-electron chi connectivity index (χ2n) is 8.35. The summed E-state index contributed by atoms with van der Waals surface area (Å²) >= 11 is 0. The van der Waals surface area contributed by atoms with Crippen molar-refractivity contribution < 1.29 is 18.0 Å². The molecule has 0 unspecified atom stereocenters.